The summed E-state index contributed by atoms with van der Waals surface area (Å²) < 4.78 is 17.9. The first-order valence-electron chi connectivity index (χ1n) is 7.83. The molecule has 1 aliphatic heterocycles. The number of carbonyl (C=O) groups excluding carboxylic acids is 1. The smallest absolute Gasteiger partial charge is 0.408 e. The molecule has 5 nitrogen and oxygen atoms in total. The third kappa shape index (κ3) is 5.11. The van der Waals surface area contributed by atoms with E-state index in [1.807, 2.05) is 45.9 Å². The van der Waals surface area contributed by atoms with Gasteiger partial charge in [0.25, 0.3) is 0 Å². The van der Waals surface area contributed by atoms with Gasteiger partial charge in [0, 0.05) is 16.6 Å². The molecule has 1 aromatic rings. The van der Waals surface area contributed by atoms with E-state index in [9.17, 15) is 4.79 Å². The second kappa shape index (κ2) is 7.53. The van der Waals surface area contributed by atoms with Gasteiger partial charge in [-0.2, -0.15) is 0 Å². The molecule has 0 saturated carbocycles. The second-order valence-corrected chi connectivity index (χ2v) is 7.44. The van der Waals surface area contributed by atoms with Crippen LogP contribution in [0.5, 0.6) is 5.75 Å². The molecule has 2 rings (SSSR count). The predicted octanol–water partition coefficient (Wildman–Crippen LogP) is 4.20. The van der Waals surface area contributed by atoms with Crippen molar-refractivity contribution in [1.82, 2.24) is 5.32 Å². The predicted molar refractivity (Wildman–Crippen MR) is 91.8 cm³/mol. The normalized spacial score (nSPS) is 20.4. The summed E-state index contributed by atoms with van der Waals surface area (Å²) in [6.07, 6.45) is 0.211. The summed E-state index contributed by atoms with van der Waals surface area (Å²) in [5.41, 5.74) is 0.351. The van der Waals surface area contributed by atoms with Gasteiger partial charge in [-0.05, 0) is 39.3 Å². The minimum atomic E-state index is -0.544. The lowest BCUT2D eigenvalue weighted by atomic mass is 9.98. The molecule has 1 amide bonds. The molecule has 0 fully saturated rings. The molecular weight excluding hydrogens is 362 g/mol. The van der Waals surface area contributed by atoms with E-state index in [4.69, 9.17) is 14.2 Å². The van der Waals surface area contributed by atoms with E-state index in [0.717, 1.165) is 22.2 Å². The highest BCUT2D eigenvalue weighted by atomic mass is 79.9. The fourth-order valence-electron chi connectivity index (χ4n) is 2.38. The molecule has 2 atom stereocenters. The largest absolute Gasteiger partial charge is 0.490 e. The van der Waals surface area contributed by atoms with Crippen molar-refractivity contribution in [1.29, 1.82) is 0 Å². The lowest BCUT2D eigenvalue weighted by Gasteiger charge is -2.34. The van der Waals surface area contributed by atoms with Crippen molar-refractivity contribution in [3.05, 3.63) is 28.2 Å². The van der Waals surface area contributed by atoms with E-state index < -0.39 is 11.7 Å². The molecule has 128 valence electrons. The van der Waals surface area contributed by atoms with Gasteiger partial charge in [-0.25, -0.2) is 4.79 Å². The number of rotatable bonds is 4. The van der Waals surface area contributed by atoms with Gasteiger partial charge in [0.1, 0.15) is 24.1 Å². The maximum absolute atomic E-state index is 12.2. The Morgan fingerprint density at radius 1 is 1.43 bits per heavy atom. The monoisotopic (exact) mass is 385 g/mol. The summed E-state index contributed by atoms with van der Waals surface area (Å²) in [6.45, 7) is 8.58. The highest BCUT2D eigenvalue weighted by molar-refractivity contribution is 9.10. The molecule has 0 radical (unpaired) electrons. The number of alkyl carbamates (subject to hydrolysis) is 1. The molecule has 0 bridgehead atoms. The zero-order valence-electron chi connectivity index (χ0n) is 14.0. The summed E-state index contributed by atoms with van der Waals surface area (Å²) in [4.78, 5) is 12.2. The second-order valence-electron chi connectivity index (χ2n) is 6.53. The third-order valence-electron chi connectivity index (χ3n) is 3.29. The van der Waals surface area contributed by atoms with Crippen LogP contribution in [0.15, 0.2) is 22.7 Å². The van der Waals surface area contributed by atoms with Gasteiger partial charge in [-0.3, -0.25) is 0 Å². The van der Waals surface area contributed by atoms with Crippen LogP contribution < -0.4 is 10.1 Å². The van der Waals surface area contributed by atoms with Crippen LogP contribution in [0.2, 0.25) is 0 Å². The van der Waals surface area contributed by atoms with Gasteiger partial charge in [-0.15, -0.1) is 0 Å². The minimum Gasteiger partial charge on any atom is -0.490 e. The number of ether oxygens (including phenoxy) is 3. The summed E-state index contributed by atoms with van der Waals surface area (Å²) in [6, 6.07) is 5.46. The summed E-state index contributed by atoms with van der Waals surface area (Å²) >= 11 is 3.43. The molecule has 0 saturated heterocycles. The Bertz CT molecular complexity index is 556. The number of benzene rings is 1. The highest BCUT2D eigenvalue weighted by Crippen LogP contribution is 2.35. The molecule has 0 aromatic heterocycles. The minimum absolute atomic E-state index is 0.240. The Hall–Kier alpha value is -1.27. The number of amides is 1. The van der Waals surface area contributed by atoms with Crippen LogP contribution in [0.1, 0.15) is 45.7 Å². The van der Waals surface area contributed by atoms with Gasteiger partial charge in [0.05, 0.1) is 6.04 Å². The van der Waals surface area contributed by atoms with Gasteiger partial charge >= 0.3 is 6.09 Å². The first-order valence-corrected chi connectivity index (χ1v) is 8.63. The van der Waals surface area contributed by atoms with Crippen LogP contribution in [-0.2, 0) is 9.47 Å². The van der Waals surface area contributed by atoms with Crippen LogP contribution in [0, 0.1) is 0 Å². The maximum atomic E-state index is 12.2. The van der Waals surface area contributed by atoms with Crippen LogP contribution in [0.3, 0.4) is 0 Å². The number of hydrogen-bond donors (Lipinski definition) is 1. The van der Waals surface area contributed by atoms with Gasteiger partial charge in [-0.1, -0.05) is 28.9 Å². The van der Waals surface area contributed by atoms with Crippen LogP contribution in [0.25, 0.3) is 0 Å². The van der Waals surface area contributed by atoms with Crippen molar-refractivity contribution in [2.24, 2.45) is 0 Å². The van der Waals surface area contributed by atoms with Crippen molar-refractivity contribution in [3.8, 4) is 5.75 Å². The maximum Gasteiger partial charge on any atom is 0.408 e. The van der Waals surface area contributed by atoms with Crippen molar-refractivity contribution in [2.75, 3.05) is 13.2 Å². The van der Waals surface area contributed by atoms with Gasteiger partial charge < -0.3 is 19.5 Å². The molecule has 0 spiro atoms. The molecule has 23 heavy (non-hydrogen) atoms. The highest BCUT2D eigenvalue weighted by Gasteiger charge is 2.34. The van der Waals surface area contributed by atoms with Crippen molar-refractivity contribution < 1.29 is 19.0 Å². The summed E-state index contributed by atoms with van der Waals surface area (Å²) in [5.74, 6) is 0.747. The molecule has 0 aliphatic carbocycles. The van der Waals surface area contributed by atoms with Crippen LogP contribution in [0.4, 0.5) is 4.79 Å². The van der Waals surface area contributed by atoms with Gasteiger partial charge in [0.2, 0.25) is 0 Å². The lowest BCUT2D eigenvalue weighted by molar-refractivity contribution is -0.0194. The zero-order valence-corrected chi connectivity index (χ0v) is 15.6. The molecule has 2 unspecified atom stereocenters. The van der Waals surface area contributed by atoms with Gasteiger partial charge in [0.15, 0.2) is 0 Å². The number of carbonyl (C=O) groups is 1. The Morgan fingerprint density at radius 2 is 2.17 bits per heavy atom. The number of hydrogen-bond acceptors (Lipinski definition) is 4. The first kappa shape index (κ1) is 18.1. The van der Waals surface area contributed by atoms with E-state index in [2.05, 4.69) is 21.2 Å². The molecule has 1 aliphatic rings. The fraction of sp³-hybridized carbons (Fsp3) is 0.588. The Labute approximate surface area is 145 Å². The number of halogens is 1. The third-order valence-corrected chi connectivity index (χ3v) is 3.79. The van der Waals surface area contributed by atoms with Crippen molar-refractivity contribution in [3.63, 3.8) is 0 Å². The number of fused-ring (bicyclic) bond motifs is 1. The average molecular weight is 386 g/mol. The van der Waals surface area contributed by atoms with E-state index in [1.54, 1.807) is 0 Å². The fourth-order valence-corrected chi connectivity index (χ4v) is 2.72. The average Bonchev–Trinajstić information content (AvgIpc) is 2.44. The van der Waals surface area contributed by atoms with E-state index in [-0.39, 0.29) is 12.1 Å². The van der Waals surface area contributed by atoms with Crippen molar-refractivity contribution >= 4 is 22.0 Å². The number of nitrogens with one attached hydrogen (secondary N) is 1. The summed E-state index contributed by atoms with van der Waals surface area (Å²) in [7, 11) is 0. The van der Waals surface area contributed by atoms with Crippen molar-refractivity contribution in [2.45, 2.75) is 51.9 Å². The van der Waals surface area contributed by atoms with E-state index in [1.165, 1.54) is 0 Å². The Balaban J connectivity index is 2.20. The molecule has 1 aromatic carbocycles. The van der Waals surface area contributed by atoms with E-state index in [0.29, 0.717) is 13.2 Å². The standard InChI is InChI=1S/C17H24BrNO4/c1-5-8-21-14-10-22-13-9-11(18)6-7-12(13)15(14)19-16(20)23-17(2,3)4/h6-7,9,14-15H,5,8,10H2,1-4H3,(H,19,20). The molecule has 6 heteroatoms. The lowest BCUT2D eigenvalue weighted by Crippen LogP contribution is -2.45. The topological polar surface area (TPSA) is 56.8 Å². The van der Waals surface area contributed by atoms with Crippen LogP contribution >= 0.6 is 15.9 Å². The summed E-state index contributed by atoms with van der Waals surface area (Å²) in [5, 5.41) is 2.93. The quantitative estimate of drug-likeness (QED) is 0.843. The Morgan fingerprint density at radius 3 is 2.83 bits per heavy atom. The van der Waals surface area contributed by atoms with E-state index >= 15 is 0 Å². The molecule has 1 N–H and O–H groups in total. The SMILES string of the molecule is CCCOC1COc2cc(Br)ccc2C1NC(=O)OC(C)(C)C. The van der Waals surface area contributed by atoms with Crippen LogP contribution in [-0.4, -0.2) is 31.0 Å². The molecular formula is C17H24BrNO4. The Kier molecular flexibility index (Phi) is 5.92. The zero-order chi connectivity index (χ0) is 17.0. The molecule has 1 heterocycles. The first-order chi connectivity index (χ1) is 10.8.